The smallest absolute Gasteiger partial charge is 0.240 e. The van der Waals surface area contributed by atoms with E-state index in [9.17, 15) is 8.42 Å². The Labute approximate surface area is 139 Å². The largest absolute Gasteiger partial charge is 0.468 e. The van der Waals surface area contributed by atoms with Crippen LogP contribution in [0.15, 0.2) is 64.4 Å². The Balaban J connectivity index is 1.69. The fourth-order valence-corrected chi connectivity index (χ4v) is 3.04. The molecule has 0 spiro atoms. The Morgan fingerprint density at radius 2 is 1.92 bits per heavy atom. The predicted octanol–water partition coefficient (Wildman–Crippen LogP) is 2.60. The molecule has 2 aromatic heterocycles. The third-order valence-electron chi connectivity index (χ3n) is 3.26. The molecule has 0 unspecified atom stereocenters. The molecule has 124 valence electrons. The van der Waals surface area contributed by atoms with Crippen LogP contribution in [-0.4, -0.2) is 18.4 Å². The zero-order valence-electron chi connectivity index (χ0n) is 12.9. The lowest BCUT2D eigenvalue weighted by atomic mass is 10.3. The van der Waals surface area contributed by atoms with Crippen LogP contribution >= 0.6 is 0 Å². The molecule has 0 atom stereocenters. The van der Waals surface area contributed by atoms with Crippen molar-refractivity contribution in [2.75, 3.05) is 5.32 Å². The molecule has 0 saturated carbocycles. The van der Waals surface area contributed by atoms with Gasteiger partial charge in [0, 0.05) is 17.4 Å². The van der Waals surface area contributed by atoms with Crippen LogP contribution in [0.3, 0.4) is 0 Å². The third kappa shape index (κ3) is 3.98. The summed E-state index contributed by atoms with van der Waals surface area (Å²) in [6.45, 7) is 1.97. The van der Waals surface area contributed by atoms with E-state index < -0.39 is 10.0 Å². The number of aromatic nitrogens is 2. The van der Waals surface area contributed by atoms with E-state index in [-0.39, 0.29) is 11.4 Å². The summed E-state index contributed by atoms with van der Waals surface area (Å²) in [5.74, 6) is 1.20. The summed E-state index contributed by atoms with van der Waals surface area (Å²) in [5.41, 5.74) is 1.58. The van der Waals surface area contributed by atoms with Gasteiger partial charge in [0.05, 0.1) is 17.7 Å². The maximum absolute atomic E-state index is 12.2. The molecule has 24 heavy (non-hydrogen) atoms. The maximum Gasteiger partial charge on any atom is 0.240 e. The van der Waals surface area contributed by atoms with Crippen LogP contribution in [0, 0.1) is 6.92 Å². The van der Waals surface area contributed by atoms with Crippen LogP contribution in [0.25, 0.3) is 0 Å². The SMILES string of the molecule is Cc1cc(Nc2ccc(S(=O)(=O)NCc3ccco3)cc2)ncn1. The summed E-state index contributed by atoms with van der Waals surface area (Å²) in [7, 11) is -3.60. The van der Waals surface area contributed by atoms with E-state index in [2.05, 4.69) is 20.0 Å². The van der Waals surface area contributed by atoms with Crippen molar-refractivity contribution in [2.24, 2.45) is 0 Å². The molecule has 0 saturated heterocycles. The van der Waals surface area contributed by atoms with E-state index in [4.69, 9.17) is 4.42 Å². The Hall–Kier alpha value is -2.71. The minimum Gasteiger partial charge on any atom is -0.468 e. The average Bonchev–Trinajstić information content (AvgIpc) is 3.07. The van der Waals surface area contributed by atoms with E-state index in [0.717, 1.165) is 11.4 Å². The van der Waals surface area contributed by atoms with Crippen LogP contribution in [-0.2, 0) is 16.6 Å². The zero-order valence-corrected chi connectivity index (χ0v) is 13.7. The molecule has 0 amide bonds. The molecule has 3 aromatic rings. The van der Waals surface area contributed by atoms with Gasteiger partial charge in [-0.3, -0.25) is 0 Å². The van der Waals surface area contributed by atoms with Crippen molar-refractivity contribution >= 4 is 21.5 Å². The van der Waals surface area contributed by atoms with Crippen molar-refractivity contribution in [3.05, 3.63) is 66.5 Å². The lowest BCUT2D eigenvalue weighted by Gasteiger charge is -2.08. The van der Waals surface area contributed by atoms with Crippen LogP contribution in [0.5, 0.6) is 0 Å². The molecule has 2 heterocycles. The molecule has 1 aromatic carbocycles. The number of nitrogens with one attached hydrogen (secondary N) is 2. The van der Waals surface area contributed by atoms with Gasteiger partial charge in [-0.25, -0.2) is 23.1 Å². The van der Waals surface area contributed by atoms with Crippen molar-refractivity contribution < 1.29 is 12.8 Å². The molecule has 7 nitrogen and oxygen atoms in total. The lowest BCUT2D eigenvalue weighted by Crippen LogP contribution is -2.22. The Bertz CT molecular complexity index is 907. The normalized spacial score (nSPS) is 11.4. The Kier molecular flexibility index (Phi) is 4.59. The average molecular weight is 344 g/mol. The Morgan fingerprint density at radius 3 is 2.58 bits per heavy atom. The summed E-state index contributed by atoms with van der Waals surface area (Å²) in [6.07, 6.45) is 2.97. The second-order valence-corrected chi connectivity index (χ2v) is 6.86. The molecule has 0 aliphatic carbocycles. The number of furan rings is 1. The lowest BCUT2D eigenvalue weighted by molar-refractivity contribution is 0.498. The minimum atomic E-state index is -3.60. The molecular formula is C16H16N4O3S. The van der Waals surface area contributed by atoms with Crippen LogP contribution in [0.1, 0.15) is 11.5 Å². The predicted molar refractivity (Wildman–Crippen MR) is 89.2 cm³/mol. The van der Waals surface area contributed by atoms with E-state index in [1.807, 2.05) is 6.92 Å². The van der Waals surface area contributed by atoms with Gasteiger partial charge in [-0.15, -0.1) is 0 Å². The molecule has 0 aliphatic heterocycles. The van der Waals surface area contributed by atoms with E-state index in [1.165, 1.54) is 24.7 Å². The molecule has 0 radical (unpaired) electrons. The fraction of sp³-hybridized carbons (Fsp3) is 0.125. The van der Waals surface area contributed by atoms with Crippen LogP contribution in [0.2, 0.25) is 0 Å². The van der Waals surface area contributed by atoms with Gasteiger partial charge in [-0.1, -0.05) is 0 Å². The number of aryl methyl sites for hydroxylation is 1. The highest BCUT2D eigenvalue weighted by Crippen LogP contribution is 2.18. The van der Waals surface area contributed by atoms with Gasteiger partial charge >= 0.3 is 0 Å². The van der Waals surface area contributed by atoms with Gasteiger partial charge in [-0.05, 0) is 43.3 Å². The standard InChI is InChI=1S/C16H16N4O3S/c1-12-9-16(18-11-17-12)20-13-4-6-15(7-5-13)24(21,22)19-10-14-3-2-8-23-14/h2-9,11,19H,10H2,1H3,(H,17,18,20). The number of rotatable bonds is 6. The summed E-state index contributed by atoms with van der Waals surface area (Å²) < 4.78 is 32.1. The summed E-state index contributed by atoms with van der Waals surface area (Å²) in [4.78, 5) is 8.30. The molecule has 2 N–H and O–H groups in total. The van der Waals surface area contributed by atoms with Gasteiger partial charge in [-0.2, -0.15) is 0 Å². The number of nitrogens with zero attached hydrogens (tertiary/aromatic N) is 2. The third-order valence-corrected chi connectivity index (χ3v) is 4.67. The van der Waals surface area contributed by atoms with Gasteiger partial charge in [0.1, 0.15) is 17.9 Å². The van der Waals surface area contributed by atoms with E-state index in [0.29, 0.717) is 11.6 Å². The highest BCUT2D eigenvalue weighted by molar-refractivity contribution is 7.89. The first-order valence-corrected chi connectivity index (χ1v) is 8.69. The molecule has 8 heteroatoms. The second-order valence-electron chi connectivity index (χ2n) is 5.10. The monoisotopic (exact) mass is 344 g/mol. The second kappa shape index (κ2) is 6.81. The highest BCUT2D eigenvalue weighted by Gasteiger charge is 2.14. The first kappa shape index (κ1) is 16.2. The molecule has 3 rings (SSSR count). The first-order chi connectivity index (χ1) is 11.5. The quantitative estimate of drug-likeness (QED) is 0.713. The number of hydrogen-bond acceptors (Lipinski definition) is 6. The number of benzene rings is 1. The highest BCUT2D eigenvalue weighted by atomic mass is 32.2. The number of hydrogen-bond donors (Lipinski definition) is 2. The molecular weight excluding hydrogens is 328 g/mol. The summed E-state index contributed by atoms with van der Waals surface area (Å²) >= 11 is 0. The zero-order chi connectivity index (χ0) is 17.0. The molecule has 0 fully saturated rings. The first-order valence-electron chi connectivity index (χ1n) is 7.21. The van der Waals surface area contributed by atoms with E-state index >= 15 is 0 Å². The van der Waals surface area contributed by atoms with Crippen LogP contribution < -0.4 is 10.0 Å². The topological polar surface area (TPSA) is 97.1 Å². The van der Waals surface area contributed by atoms with Gasteiger partial charge in [0.2, 0.25) is 10.0 Å². The Morgan fingerprint density at radius 1 is 1.12 bits per heavy atom. The van der Waals surface area contributed by atoms with Gasteiger partial charge in [0.25, 0.3) is 0 Å². The number of anilines is 2. The van der Waals surface area contributed by atoms with Gasteiger partial charge < -0.3 is 9.73 Å². The minimum absolute atomic E-state index is 0.107. The number of sulfonamides is 1. The maximum atomic E-state index is 12.2. The van der Waals surface area contributed by atoms with Crippen molar-refractivity contribution in [3.8, 4) is 0 Å². The molecule has 0 aliphatic rings. The van der Waals surface area contributed by atoms with Crippen molar-refractivity contribution in [3.63, 3.8) is 0 Å². The van der Waals surface area contributed by atoms with Crippen molar-refractivity contribution in [1.82, 2.24) is 14.7 Å². The van der Waals surface area contributed by atoms with Crippen LogP contribution in [0.4, 0.5) is 11.5 Å². The van der Waals surface area contributed by atoms with E-state index in [1.54, 1.807) is 30.3 Å². The summed E-state index contributed by atoms with van der Waals surface area (Å²) in [5, 5.41) is 3.10. The summed E-state index contributed by atoms with van der Waals surface area (Å²) in [6, 6.07) is 11.6. The fourth-order valence-electron chi connectivity index (χ4n) is 2.05. The van der Waals surface area contributed by atoms with Gasteiger partial charge in [0.15, 0.2) is 0 Å². The molecule has 0 bridgehead atoms. The van der Waals surface area contributed by atoms with Crippen molar-refractivity contribution in [2.45, 2.75) is 18.4 Å². The van der Waals surface area contributed by atoms with Crippen molar-refractivity contribution in [1.29, 1.82) is 0 Å².